The summed E-state index contributed by atoms with van der Waals surface area (Å²) < 4.78 is 0. The van der Waals surface area contributed by atoms with Gasteiger partial charge in [-0.05, 0) is 28.8 Å². The van der Waals surface area contributed by atoms with E-state index in [1.807, 2.05) is 60.7 Å². The van der Waals surface area contributed by atoms with E-state index in [-0.39, 0.29) is 6.54 Å². The van der Waals surface area contributed by atoms with Crippen molar-refractivity contribution in [2.24, 2.45) is 0 Å². The topological polar surface area (TPSA) is 74.2 Å². The molecular weight excluding hydrogens is 326 g/mol. The summed E-state index contributed by atoms with van der Waals surface area (Å²) in [5.41, 5.74) is 0.534. The van der Waals surface area contributed by atoms with Crippen LogP contribution in [-0.4, -0.2) is 22.6 Å². The average Bonchev–Trinajstić information content (AvgIpc) is 3.14. The fraction of sp³-hybridized carbons (Fsp3) is 0.143. The third-order valence-corrected chi connectivity index (χ3v) is 4.97. The van der Waals surface area contributed by atoms with Gasteiger partial charge in [0.1, 0.15) is 5.66 Å². The largest absolute Gasteiger partial charge is 0.480 e. The zero-order chi connectivity index (χ0) is 18.0. The minimum absolute atomic E-state index is 0.246. The predicted molar refractivity (Wildman–Crippen MR) is 98.4 cm³/mol. The van der Waals surface area contributed by atoms with E-state index in [2.05, 4.69) is 15.6 Å². The normalized spacial score (nSPS) is 21.4. The Hall–Kier alpha value is -3.02. The van der Waals surface area contributed by atoms with E-state index >= 15 is 0 Å². The Kier molecular flexibility index (Phi) is 4.03. The zero-order valence-electron chi connectivity index (χ0n) is 14.1. The molecule has 1 atom stereocenters. The Morgan fingerprint density at radius 1 is 0.846 bits per heavy atom. The number of benzene rings is 2. The monoisotopic (exact) mass is 345 g/mol. The summed E-state index contributed by atoms with van der Waals surface area (Å²) in [5.74, 6) is -0.926. The SMILES string of the molecule is O=C(O)C1(c2ccncc2)CNC(c2ccccc2)(c2ccccc2)N1. The maximum absolute atomic E-state index is 12.4. The average molecular weight is 345 g/mol. The van der Waals surface area contributed by atoms with Crippen LogP contribution >= 0.6 is 0 Å². The summed E-state index contributed by atoms with van der Waals surface area (Å²) in [6, 6.07) is 23.2. The van der Waals surface area contributed by atoms with E-state index in [1.54, 1.807) is 24.5 Å². The summed E-state index contributed by atoms with van der Waals surface area (Å²) in [4.78, 5) is 16.4. The van der Waals surface area contributed by atoms with Crippen LogP contribution in [0.2, 0.25) is 0 Å². The molecule has 1 aliphatic heterocycles. The molecule has 3 N–H and O–H groups in total. The molecule has 1 fully saturated rings. The molecule has 0 radical (unpaired) electrons. The highest BCUT2D eigenvalue weighted by molar-refractivity contribution is 5.82. The summed E-state index contributed by atoms with van der Waals surface area (Å²) in [7, 11) is 0. The van der Waals surface area contributed by atoms with E-state index in [0.29, 0.717) is 5.56 Å². The molecule has 26 heavy (non-hydrogen) atoms. The smallest absolute Gasteiger partial charge is 0.329 e. The van der Waals surface area contributed by atoms with Crippen molar-refractivity contribution < 1.29 is 9.90 Å². The van der Waals surface area contributed by atoms with E-state index in [9.17, 15) is 9.90 Å². The lowest BCUT2D eigenvalue weighted by Gasteiger charge is -2.34. The van der Waals surface area contributed by atoms with Crippen LogP contribution in [0.3, 0.4) is 0 Å². The number of nitrogens with one attached hydrogen (secondary N) is 2. The Morgan fingerprint density at radius 3 is 1.88 bits per heavy atom. The van der Waals surface area contributed by atoms with Crippen molar-refractivity contribution in [2.45, 2.75) is 11.2 Å². The lowest BCUT2D eigenvalue weighted by molar-refractivity contribution is -0.144. The van der Waals surface area contributed by atoms with E-state index in [4.69, 9.17) is 0 Å². The fourth-order valence-electron chi connectivity index (χ4n) is 3.63. The minimum atomic E-state index is -1.26. The lowest BCUT2D eigenvalue weighted by Crippen LogP contribution is -2.54. The van der Waals surface area contributed by atoms with Crippen molar-refractivity contribution in [3.63, 3.8) is 0 Å². The van der Waals surface area contributed by atoms with Gasteiger partial charge in [0, 0.05) is 18.9 Å². The molecule has 5 nitrogen and oxygen atoms in total. The zero-order valence-corrected chi connectivity index (χ0v) is 14.1. The van der Waals surface area contributed by atoms with Crippen LogP contribution in [0.15, 0.2) is 85.2 Å². The number of rotatable bonds is 4. The number of aromatic nitrogens is 1. The number of nitrogens with zero attached hydrogens (tertiary/aromatic N) is 1. The lowest BCUT2D eigenvalue weighted by atomic mass is 9.88. The molecule has 0 amide bonds. The number of hydrogen-bond donors (Lipinski definition) is 3. The molecule has 2 heterocycles. The summed E-state index contributed by atoms with van der Waals surface area (Å²) in [6.07, 6.45) is 3.24. The third kappa shape index (κ3) is 2.49. The Labute approximate surface area is 151 Å². The molecular formula is C21H19N3O2. The minimum Gasteiger partial charge on any atom is -0.480 e. The first-order valence-electron chi connectivity index (χ1n) is 8.47. The molecule has 4 rings (SSSR count). The molecule has 0 spiro atoms. The number of hydrogen-bond acceptors (Lipinski definition) is 4. The molecule has 3 aromatic rings. The molecule has 1 aliphatic rings. The Morgan fingerprint density at radius 2 is 1.38 bits per heavy atom. The van der Waals surface area contributed by atoms with Crippen molar-refractivity contribution in [2.75, 3.05) is 6.54 Å². The molecule has 0 saturated carbocycles. The first kappa shape index (κ1) is 16.4. The highest BCUT2D eigenvalue weighted by Crippen LogP contribution is 2.38. The van der Waals surface area contributed by atoms with Crippen molar-refractivity contribution >= 4 is 5.97 Å². The quantitative estimate of drug-likeness (QED) is 0.677. The van der Waals surface area contributed by atoms with Crippen molar-refractivity contribution in [1.29, 1.82) is 0 Å². The van der Waals surface area contributed by atoms with Gasteiger partial charge in [-0.15, -0.1) is 0 Å². The number of carboxylic acid groups (broad SMARTS) is 1. The highest BCUT2D eigenvalue weighted by atomic mass is 16.4. The van der Waals surface area contributed by atoms with Crippen molar-refractivity contribution in [3.8, 4) is 0 Å². The first-order valence-corrected chi connectivity index (χ1v) is 8.47. The van der Waals surface area contributed by atoms with E-state index in [1.165, 1.54) is 0 Å². The molecule has 1 saturated heterocycles. The first-order chi connectivity index (χ1) is 12.7. The highest BCUT2D eigenvalue weighted by Gasteiger charge is 2.54. The van der Waals surface area contributed by atoms with Crippen LogP contribution in [0, 0.1) is 0 Å². The van der Waals surface area contributed by atoms with Gasteiger partial charge in [0.05, 0.1) is 0 Å². The maximum Gasteiger partial charge on any atom is 0.329 e. The van der Waals surface area contributed by atoms with Gasteiger partial charge in [-0.25, -0.2) is 4.79 Å². The van der Waals surface area contributed by atoms with Gasteiger partial charge in [-0.2, -0.15) is 0 Å². The maximum atomic E-state index is 12.4. The summed E-state index contributed by atoms with van der Waals surface area (Å²) in [5, 5.41) is 17.0. The van der Waals surface area contributed by atoms with Crippen molar-refractivity contribution in [3.05, 3.63) is 102 Å². The molecule has 130 valence electrons. The molecule has 1 unspecified atom stereocenters. The van der Waals surface area contributed by atoms with Gasteiger partial charge in [0.2, 0.25) is 0 Å². The van der Waals surface area contributed by atoms with Gasteiger partial charge in [-0.3, -0.25) is 15.6 Å². The van der Waals surface area contributed by atoms with Gasteiger partial charge < -0.3 is 5.11 Å². The molecule has 0 bridgehead atoms. The summed E-state index contributed by atoms with van der Waals surface area (Å²) in [6.45, 7) is 0.246. The predicted octanol–water partition coefficient (Wildman–Crippen LogP) is 2.46. The van der Waals surface area contributed by atoms with Crippen LogP contribution < -0.4 is 10.6 Å². The standard InChI is InChI=1S/C21H19N3O2/c25-19(26)20(16-11-13-22-14-12-16)15-23-21(24-20,17-7-3-1-4-8-17)18-9-5-2-6-10-18/h1-14,23-24H,15H2,(H,25,26). The second-order valence-corrected chi connectivity index (χ2v) is 6.41. The molecule has 2 aromatic carbocycles. The Bertz CT molecular complexity index is 861. The number of aliphatic carboxylic acids is 1. The van der Waals surface area contributed by atoms with E-state index in [0.717, 1.165) is 11.1 Å². The van der Waals surface area contributed by atoms with Gasteiger partial charge >= 0.3 is 5.97 Å². The second-order valence-electron chi connectivity index (χ2n) is 6.41. The van der Waals surface area contributed by atoms with Gasteiger partial charge in [-0.1, -0.05) is 60.7 Å². The third-order valence-electron chi connectivity index (χ3n) is 4.97. The fourth-order valence-corrected chi connectivity index (χ4v) is 3.63. The van der Waals surface area contributed by atoms with Crippen molar-refractivity contribution in [1.82, 2.24) is 15.6 Å². The second kappa shape index (κ2) is 6.37. The number of carbonyl (C=O) groups is 1. The van der Waals surface area contributed by atoms with Crippen LogP contribution in [-0.2, 0) is 16.0 Å². The van der Waals surface area contributed by atoms with E-state index < -0.39 is 17.2 Å². The van der Waals surface area contributed by atoms with Crippen LogP contribution in [0.25, 0.3) is 0 Å². The van der Waals surface area contributed by atoms with Crippen LogP contribution in [0.1, 0.15) is 16.7 Å². The summed E-state index contributed by atoms with van der Waals surface area (Å²) >= 11 is 0. The van der Waals surface area contributed by atoms with Gasteiger partial charge in [0.25, 0.3) is 0 Å². The molecule has 0 aliphatic carbocycles. The molecule has 1 aromatic heterocycles. The Balaban J connectivity index is 1.89. The van der Waals surface area contributed by atoms with Gasteiger partial charge in [0.15, 0.2) is 5.54 Å². The van der Waals surface area contributed by atoms with Crippen LogP contribution in [0.4, 0.5) is 0 Å². The number of carboxylic acids is 1. The van der Waals surface area contributed by atoms with Crippen LogP contribution in [0.5, 0.6) is 0 Å². The molecule has 5 heteroatoms. The number of pyridine rings is 1.